The topological polar surface area (TPSA) is 54.9 Å². The van der Waals surface area contributed by atoms with E-state index >= 15 is 0 Å². The molecule has 0 N–H and O–H groups in total. The third-order valence-corrected chi connectivity index (χ3v) is 6.73. The van der Waals surface area contributed by atoms with E-state index in [4.69, 9.17) is 14.5 Å². The number of thiazole rings is 1. The highest BCUT2D eigenvalue weighted by molar-refractivity contribution is 7.22. The lowest BCUT2D eigenvalue weighted by atomic mass is 10.1. The summed E-state index contributed by atoms with van der Waals surface area (Å²) >= 11 is 1.51. The van der Waals surface area contributed by atoms with Gasteiger partial charge in [-0.3, -0.25) is 9.69 Å². The van der Waals surface area contributed by atoms with Crippen LogP contribution in [0.25, 0.3) is 10.2 Å². The summed E-state index contributed by atoms with van der Waals surface area (Å²) in [6, 6.07) is 3.76. The van der Waals surface area contributed by atoms with Crippen molar-refractivity contribution in [1.82, 2.24) is 9.88 Å². The molecule has 0 saturated heterocycles. The predicted octanol–water partition coefficient (Wildman–Crippen LogP) is 4.18. The van der Waals surface area contributed by atoms with Crippen molar-refractivity contribution in [2.45, 2.75) is 39.5 Å². The van der Waals surface area contributed by atoms with Gasteiger partial charge in [0.15, 0.2) is 5.13 Å². The van der Waals surface area contributed by atoms with E-state index in [2.05, 4.69) is 18.7 Å². The van der Waals surface area contributed by atoms with E-state index in [0.29, 0.717) is 12.3 Å². The van der Waals surface area contributed by atoms with Crippen LogP contribution in [0.2, 0.25) is 0 Å². The smallest absolute Gasteiger partial charge is 0.231 e. The van der Waals surface area contributed by atoms with Gasteiger partial charge in [0, 0.05) is 19.0 Å². The predicted molar refractivity (Wildman–Crippen MR) is 115 cm³/mol. The molecule has 1 aromatic carbocycles. The Labute approximate surface area is 171 Å². The zero-order valence-corrected chi connectivity index (χ0v) is 18.2. The maximum atomic E-state index is 13.3. The highest BCUT2D eigenvalue weighted by Gasteiger charge is 2.30. The van der Waals surface area contributed by atoms with Gasteiger partial charge in [0.1, 0.15) is 21.7 Å². The third kappa shape index (κ3) is 4.25. The standard InChI is InChI=1S/C21H31N3O3S/c1-5-23(6-2)13-14-24(20(25)15-9-7-8-10-15)21-22-18-16(26-3)11-12-17(27-4)19(18)28-21/h11-12,15H,5-10,13-14H2,1-4H3. The number of carbonyl (C=O) groups is 1. The molecule has 28 heavy (non-hydrogen) atoms. The Morgan fingerprint density at radius 2 is 1.75 bits per heavy atom. The molecule has 6 nitrogen and oxygen atoms in total. The van der Waals surface area contributed by atoms with Gasteiger partial charge in [0.25, 0.3) is 0 Å². The lowest BCUT2D eigenvalue weighted by Crippen LogP contribution is -2.41. The summed E-state index contributed by atoms with van der Waals surface area (Å²) in [4.78, 5) is 22.4. The second kappa shape index (κ2) is 9.56. The average Bonchev–Trinajstić information content (AvgIpc) is 3.40. The van der Waals surface area contributed by atoms with Gasteiger partial charge in [-0.15, -0.1) is 0 Å². The number of likely N-dealkylation sites (N-methyl/N-ethyl adjacent to an activating group) is 1. The molecule has 1 aliphatic carbocycles. The van der Waals surface area contributed by atoms with Crippen molar-refractivity contribution in [3.05, 3.63) is 12.1 Å². The van der Waals surface area contributed by atoms with Crippen molar-refractivity contribution in [2.24, 2.45) is 5.92 Å². The molecule has 154 valence electrons. The van der Waals surface area contributed by atoms with Crippen LogP contribution in [-0.4, -0.2) is 56.2 Å². The number of ether oxygens (including phenoxy) is 2. The summed E-state index contributed by atoms with van der Waals surface area (Å²) in [6.45, 7) is 7.75. The Morgan fingerprint density at radius 3 is 2.36 bits per heavy atom. The number of methoxy groups -OCH3 is 2. The molecule has 3 rings (SSSR count). The quantitative estimate of drug-likeness (QED) is 0.626. The van der Waals surface area contributed by atoms with E-state index in [1.165, 1.54) is 11.3 Å². The number of hydrogen-bond acceptors (Lipinski definition) is 6. The zero-order valence-electron chi connectivity index (χ0n) is 17.4. The molecule has 0 spiro atoms. The number of hydrogen-bond donors (Lipinski definition) is 0. The molecule has 1 aliphatic rings. The van der Waals surface area contributed by atoms with E-state index in [1.807, 2.05) is 17.0 Å². The first kappa shape index (κ1) is 20.9. The first-order valence-corrected chi connectivity index (χ1v) is 11.0. The molecule has 1 saturated carbocycles. The Balaban J connectivity index is 1.97. The van der Waals surface area contributed by atoms with Crippen molar-refractivity contribution in [2.75, 3.05) is 45.3 Å². The van der Waals surface area contributed by atoms with E-state index in [0.717, 1.165) is 66.4 Å². The number of nitrogens with zero attached hydrogens (tertiary/aromatic N) is 3. The Morgan fingerprint density at radius 1 is 1.11 bits per heavy atom. The maximum absolute atomic E-state index is 13.3. The van der Waals surface area contributed by atoms with E-state index in [1.54, 1.807) is 14.2 Å². The Bertz CT molecular complexity index is 757. The molecular weight excluding hydrogens is 374 g/mol. The first-order chi connectivity index (χ1) is 13.6. The van der Waals surface area contributed by atoms with Crippen molar-refractivity contribution in [1.29, 1.82) is 0 Å². The summed E-state index contributed by atoms with van der Waals surface area (Å²) < 4.78 is 11.9. The SMILES string of the molecule is CCN(CC)CCN(C(=O)C1CCCC1)c1nc2c(OC)ccc(OC)c2s1. The van der Waals surface area contributed by atoms with Gasteiger partial charge in [-0.05, 0) is 38.1 Å². The van der Waals surface area contributed by atoms with E-state index in [9.17, 15) is 4.79 Å². The second-order valence-corrected chi connectivity index (χ2v) is 8.12. The van der Waals surface area contributed by atoms with Gasteiger partial charge in [0.2, 0.25) is 5.91 Å². The van der Waals surface area contributed by atoms with Crippen LogP contribution < -0.4 is 14.4 Å². The maximum Gasteiger partial charge on any atom is 0.231 e. The fraction of sp³-hybridized carbons (Fsp3) is 0.619. The fourth-order valence-corrected chi connectivity index (χ4v) is 4.97. The van der Waals surface area contributed by atoms with Crippen molar-refractivity contribution in [3.63, 3.8) is 0 Å². The molecule has 0 aliphatic heterocycles. The number of anilines is 1. The van der Waals surface area contributed by atoms with Gasteiger partial charge in [-0.1, -0.05) is 38.0 Å². The molecule has 0 radical (unpaired) electrons. The van der Waals surface area contributed by atoms with Crippen LogP contribution in [0, 0.1) is 5.92 Å². The van der Waals surface area contributed by atoms with Crippen LogP contribution in [0.1, 0.15) is 39.5 Å². The molecule has 0 atom stereocenters. The largest absolute Gasteiger partial charge is 0.495 e. The number of amides is 1. The molecule has 2 aromatic rings. The lowest BCUT2D eigenvalue weighted by molar-refractivity contribution is -0.122. The average molecular weight is 406 g/mol. The van der Waals surface area contributed by atoms with Crippen LogP contribution in [0.4, 0.5) is 5.13 Å². The second-order valence-electron chi connectivity index (χ2n) is 7.14. The van der Waals surface area contributed by atoms with E-state index in [-0.39, 0.29) is 11.8 Å². The van der Waals surface area contributed by atoms with Gasteiger partial charge in [-0.25, -0.2) is 4.98 Å². The fourth-order valence-electron chi connectivity index (χ4n) is 3.86. The molecule has 1 fully saturated rings. The first-order valence-electron chi connectivity index (χ1n) is 10.2. The van der Waals surface area contributed by atoms with Gasteiger partial charge < -0.3 is 14.4 Å². The lowest BCUT2D eigenvalue weighted by Gasteiger charge is -2.26. The number of aromatic nitrogens is 1. The number of benzene rings is 1. The van der Waals surface area contributed by atoms with E-state index < -0.39 is 0 Å². The van der Waals surface area contributed by atoms with Gasteiger partial charge in [-0.2, -0.15) is 0 Å². The van der Waals surface area contributed by atoms with Gasteiger partial charge in [0.05, 0.1) is 14.2 Å². The van der Waals surface area contributed by atoms with Crippen molar-refractivity contribution < 1.29 is 14.3 Å². The summed E-state index contributed by atoms with van der Waals surface area (Å²) in [5.41, 5.74) is 0.758. The van der Waals surface area contributed by atoms with Crippen molar-refractivity contribution in [3.8, 4) is 11.5 Å². The monoisotopic (exact) mass is 405 g/mol. The zero-order chi connectivity index (χ0) is 20.1. The summed E-state index contributed by atoms with van der Waals surface area (Å²) in [7, 11) is 3.30. The number of rotatable bonds is 9. The number of fused-ring (bicyclic) bond motifs is 1. The molecule has 0 bridgehead atoms. The van der Waals surface area contributed by atoms with Crippen LogP contribution in [0.5, 0.6) is 11.5 Å². The normalized spacial score (nSPS) is 14.8. The minimum atomic E-state index is 0.118. The van der Waals surface area contributed by atoms with Crippen LogP contribution in [0.15, 0.2) is 12.1 Å². The highest BCUT2D eigenvalue weighted by atomic mass is 32.1. The van der Waals surface area contributed by atoms with Crippen LogP contribution in [0.3, 0.4) is 0 Å². The molecule has 0 unspecified atom stereocenters. The summed E-state index contributed by atoms with van der Waals surface area (Å²) in [6.07, 6.45) is 4.25. The highest BCUT2D eigenvalue weighted by Crippen LogP contribution is 2.41. The minimum Gasteiger partial charge on any atom is -0.495 e. The number of carbonyl (C=O) groups excluding carboxylic acids is 1. The van der Waals surface area contributed by atoms with Crippen LogP contribution in [-0.2, 0) is 4.79 Å². The summed E-state index contributed by atoms with van der Waals surface area (Å²) in [5, 5.41) is 0.738. The van der Waals surface area contributed by atoms with Gasteiger partial charge >= 0.3 is 0 Å². The summed E-state index contributed by atoms with van der Waals surface area (Å²) in [5.74, 6) is 1.79. The molecule has 7 heteroatoms. The van der Waals surface area contributed by atoms with Crippen LogP contribution >= 0.6 is 11.3 Å². The van der Waals surface area contributed by atoms with Crippen molar-refractivity contribution >= 4 is 32.6 Å². The molecule has 1 heterocycles. The minimum absolute atomic E-state index is 0.118. The third-order valence-electron chi connectivity index (χ3n) is 5.63. The Kier molecular flexibility index (Phi) is 7.13. The molecule has 1 amide bonds. The molecular formula is C21H31N3O3S. The Hall–Kier alpha value is -1.86. The molecule has 1 aromatic heterocycles.